The molecule has 1 unspecified atom stereocenters. The van der Waals surface area contributed by atoms with Crippen LogP contribution in [0, 0.1) is 0 Å². The van der Waals surface area contributed by atoms with Crippen molar-refractivity contribution in [2.45, 2.75) is 32.2 Å². The normalized spacial score (nSPS) is 18.6. The minimum atomic E-state index is -0.696. The van der Waals surface area contributed by atoms with Crippen molar-refractivity contribution in [1.82, 2.24) is 10.6 Å². The number of hydrogen-bond acceptors (Lipinski definition) is 4. The number of rotatable bonds is 3. The van der Waals surface area contributed by atoms with Crippen LogP contribution in [-0.2, 0) is 16.0 Å². The zero-order valence-corrected chi connectivity index (χ0v) is 11.1. The van der Waals surface area contributed by atoms with Gasteiger partial charge in [0.2, 0.25) is 11.8 Å². The molecule has 20 heavy (non-hydrogen) atoms. The number of aromatic hydroxyl groups is 1. The molecule has 0 aliphatic carbocycles. The summed E-state index contributed by atoms with van der Waals surface area (Å²) < 4.78 is 0. The first-order chi connectivity index (χ1) is 9.51. The summed E-state index contributed by atoms with van der Waals surface area (Å²) >= 11 is 0. The molecular weight excluding hydrogens is 260 g/mol. The van der Waals surface area contributed by atoms with E-state index < -0.39 is 11.9 Å². The van der Waals surface area contributed by atoms with Crippen LogP contribution in [0.5, 0.6) is 5.75 Å². The molecule has 1 aliphatic rings. The van der Waals surface area contributed by atoms with E-state index in [-0.39, 0.29) is 24.0 Å². The minimum Gasteiger partial charge on any atom is -0.508 e. The predicted molar refractivity (Wildman–Crippen MR) is 71.1 cm³/mol. The molecule has 1 saturated heterocycles. The van der Waals surface area contributed by atoms with Crippen LogP contribution in [0.15, 0.2) is 18.2 Å². The Morgan fingerprint density at radius 2 is 2.20 bits per heavy atom. The summed E-state index contributed by atoms with van der Waals surface area (Å²) in [6.07, 6.45) is 1.11. The van der Waals surface area contributed by atoms with Crippen LogP contribution in [-0.4, -0.2) is 28.9 Å². The van der Waals surface area contributed by atoms with Gasteiger partial charge in [-0.1, -0.05) is 6.92 Å². The van der Waals surface area contributed by atoms with Gasteiger partial charge in [-0.3, -0.25) is 19.7 Å². The highest BCUT2D eigenvalue weighted by Gasteiger charge is 2.28. The smallest absolute Gasteiger partial charge is 0.252 e. The molecule has 0 bridgehead atoms. The predicted octanol–water partition coefficient (Wildman–Crippen LogP) is 0.490. The number of carbonyl (C=O) groups excluding carboxylic acids is 3. The van der Waals surface area contributed by atoms with E-state index in [1.165, 1.54) is 18.2 Å². The van der Waals surface area contributed by atoms with Crippen LogP contribution in [0.25, 0.3) is 0 Å². The lowest BCUT2D eigenvalue weighted by Gasteiger charge is -2.22. The van der Waals surface area contributed by atoms with Gasteiger partial charge in [-0.25, -0.2) is 0 Å². The molecule has 6 heteroatoms. The fraction of sp³-hybridized carbons (Fsp3) is 0.357. The first kappa shape index (κ1) is 14.0. The standard InChI is InChI=1S/C14H16N2O4/c1-2-8-7-9(17)3-4-10(8)13(19)15-11-5-6-12(18)16-14(11)20/h3-4,7,11,17H,2,5-6H2,1H3,(H,15,19)(H,16,18,20). The molecule has 0 saturated carbocycles. The SMILES string of the molecule is CCc1cc(O)ccc1C(=O)NC1CCC(=O)NC1=O. The third kappa shape index (κ3) is 2.96. The van der Waals surface area contributed by atoms with E-state index in [2.05, 4.69) is 10.6 Å². The Bertz CT molecular complexity index is 568. The van der Waals surface area contributed by atoms with Crippen LogP contribution >= 0.6 is 0 Å². The number of piperidine rings is 1. The zero-order chi connectivity index (χ0) is 14.7. The van der Waals surface area contributed by atoms with Crippen molar-refractivity contribution in [3.05, 3.63) is 29.3 Å². The maximum Gasteiger partial charge on any atom is 0.252 e. The van der Waals surface area contributed by atoms with E-state index in [4.69, 9.17) is 0 Å². The van der Waals surface area contributed by atoms with Crippen LogP contribution < -0.4 is 10.6 Å². The topological polar surface area (TPSA) is 95.5 Å². The van der Waals surface area contributed by atoms with Crippen molar-refractivity contribution >= 4 is 17.7 Å². The Kier molecular flexibility index (Phi) is 4.02. The van der Waals surface area contributed by atoms with Gasteiger partial charge in [0.25, 0.3) is 5.91 Å². The summed E-state index contributed by atoms with van der Waals surface area (Å²) in [6.45, 7) is 1.87. The Labute approximate surface area is 116 Å². The summed E-state index contributed by atoms with van der Waals surface area (Å²) in [4.78, 5) is 34.8. The summed E-state index contributed by atoms with van der Waals surface area (Å²) in [5.41, 5.74) is 1.13. The molecular formula is C14H16N2O4. The highest BCUT2D eigenvalue weighted by Crippen LogP contribution is 2.18. The van der Waals surface area contributed by atoms with E-state index in [1.54, 1.807) is 0 Å². The van der Waals surface area contributed by atoms with Crippen LogP contribution in [0.1, 0.15) is 35.7 Å². The average molecular weight is 276 g/mol. The summed E-state index contributed by atoms with van der Waals surface area (Å²) in [5.74, 6) is -1.08. The van der Waals surface area contributed by atoms with Crippen molar-refractivity contribution in [2.75, 3.05) is 0 Å². The van der Waals surface area contributed by atoms with Gasteiger partial charge in [0.15, 0.2) is 0 Å². The number of imide groups is 1. The maximum absolute atomic E-state index is 12.2. The fourth-order valence-corrected chi connectivity index (χ4v) is 2.16. The third-order valence-corrected chi connectivity index (χ3v) is 3.26. The molecule has 3 N–H and O–H groups in total. The Hall–Kier alpha value is -2.37. The molecule has 0 spiro atoms. The number of aryl methyl sites for hydroxylation is 1. The van der Waals surface area contributed by atoms with Crippen LogP contribution in [0.2, 0.25) is 0 Å². The lowest BCUT2D eigenvalue weighted by atomic mass is 10.0. The van der Waals surface area contributed by atoms with Crippen LogP contribution in [0.4, 0.5) is 0 Å². The average Bonchev–Trinajstić information content (AvgIpc) is 2.41. The molecule has 1 heterocycles. The quantitative estimate of drug-likeness (QED) is 0.700. The van der Waals surface area contributed by atoms with E-state index in [0.717, 1.165) is 0 Å². The Morgan fingerprint density at radius 3 is 2.85 bits per heavy atom. The number of amides is 3. The molecule has 1 aliphatic heterocycles. The second-order valence-electron chi connectivity index (χ2n) is 4.67. The molecule has 6 nitrogen and oxygen atoms in total. The lowest BCUT2D eigenvalue weighted by Crippen LogP contribution is -2.52. The number of benzene rings is 1. The monoisotopic (exact) mass is 276 g/mol. The first-order valence-corrected chi connectivity index (χ1v) is 6.47. The fourth-order valence-electron chi connectivity index (χ4n) is 2.16. The number of phenols is 1. The maximum atomic E-state index is 12.2. The van der Waals surface area contributed by atoms with Gasteiger partial charge >= 0.3 is 0 Å². The van der Waals surface area contributed by atoms with Crippen molar-refractivity contribution < 1.29 is 19.5 Å². The van der Waals surface area contributed by atoms with Crippen molar-refractivity contribution in [3.8, 4) is 5.75 Å². The molecule has 2 rings (SSSR count). The second-order valence-corrected chi connectivity index (χ2v) is 4.67. The summed E-state index contributed by atoms with van der Waals surface area (Å²) in [7, 11) is 0. The Balaban J connectivity index is 2.12. The number of carbonyl (C=O) groups is 3. The van der Waals surface area contributed by atoms with Crippen molar-refractivity contribution in [2.24, 2.45) is 0 Å². The molecule has 106 valence electrons. The van der Waals surface area contributed by atoms with Gasteiger partial charge < -0.3 is 10.4 Å². The van der Waals surface area contributed by atoms with Crippen LogP contribution in [0.3, 0.4) is 0 Å². The molecule has 1 aromatic carbocycles. The summed E-state index contributed by atoms with van der Waals surface area (Å²) in [6, 6.07) is 3.78. The van der Waals surface area contributed by atoms with Gasteiger partial charge in [-0.05, 0) is 36.6 Å². The third-order valence-electron chi connectivity index (χ3n) is 3.26. The summed E-state index contributed by atoms with van der Waals surface area (Å²) in [5, 5.41) is 14.2. The molecule has 3 amide bonds. The van der Waals surface area contributed by atoms with Gasteiger partial charge in [-0.2, -0.15) is 0 Å². The number of phenolic OH excluding ortho intramolecular Hbond substituents is 1. The van der Waals surface area contributed by atoms with Gasteiger partial charge in [0.05, 0.1) is 0 Å². The second kappa shape index (κ2) is 5.73. The zero-order valence-electron chi connectivity index (χ0n) is 11.1. The lowest BCUT2D eigenvalue weighted by molar-refractivity contribution is -0.134. The highest BCUT2D eigenvalue weighted by atomic mass is 16.3. The van der Waals surface area contributed by atoms with Gasteiger partial charge in [0, 0.05) is 12.0 Å². The van der Waals surface area contributed by atoms with E-state index in [9.17, 15) is 19.5 Å². The van der Waals surface area contributed by atoms with Crippen molar-refractivity contribution in [1.29, 1.82) is 0 Å². The van der Waals surface area contributed by atoms with Crippen molar-refractivity contribution in [3.63, 3.8) is 0 Å². The number of hydrogen-bond donors (Lipinski definition) is 3. The largest absolute Gasteiger partial charge is 0.508 e. The minimum absolute atomic E-state index is 0.0967. The van der Waals surface area contributed by atoms with E-state index >= 15 is 0 Å². The molecule has 1 atom stereocenters. The van der Waals surface area contributed by atoms with Gasteiger partial charge in [-0.15, -0.1) is 0 Å². The molecule has 1 aromatic rings. The first-order valence-electron chi connectivity index (χ1n) is 6.47. The van der Waals surface area contributed by atoms with E-state index in [0.29, 0.717) is 24.0 Å². The number of nitrogens with one attached hydrogen (secondary N) is 2. The van der Waals surface area contributed by atoms with E-state index in [1.807, 2.05) is 6.92 Å². The van der Waals surface area contributed by atoms with Gasteiger partial charge in [0.1, 0.15) is 11.8 Å². The highest BCUT2D eigenvalue weighted by molar-refractivity contribution is 6.04. The molecule has 1 fully saturated rings. The molecule has 0 aromatic heterocycles. The Morgan fingerprint density at radius 1 is 1.45 bits per heavy atom. The molecule has 0 radical (unpaired) electrons.